The number of carbonyl (C=O) groups excluding carboxylic acids is 2. The van der Waals surface area contributed by atoms with Crippen molar-refractivity contribution in [3.8, 4) is 33.6 Å². The minimum Gasteiger partial charge on any atom is -0.508 e. The molecule has 0 spiro atoms. The number of oxime groups is 1. The lowest BCUT2D eigenvalue weighted by atomic mass is 10.0. The number of nitrogen functional groups attached to an aromatic ring is 1. The van der Waals surface area contributed by atoms with E-state index in [2.05, 4.69) is 25.7 Å². The van der Waals surface area contributed by atoms with E-state index in [1.165, 1.54) is 76.6 Å². The standard InChI is InChI=1S/C28H23N7O9S4.C2HF3O2/c29-27-30-16(10-46-27)19(34-44-7-11-1-2-17(38)18(39)3-11)22(40)31-20-24(41)35-21(26(42)43)13(8-45-25(20)35)9-47-28-33-32-23(48-28)12-4-14(36)6-15(37)5-12;3-2(4,5)1(6)7/h1-6,10,20,25,36-39H,7-9H2,(H2,29,30)(H,31,40)(H,42,43);(H,6,7)/b34-19-;/t20-,25-;/m1./s1. The lowest BCUT2D eigenvalue weighted by Gasteiger charge is -2.49. The van der Waals surface area contributed by atoms with E-state index in [0.717, 1.165) is 16.2 Å². The Kier molecular flexibility index (Phi) is 12.3. The molecule has 6 rings (SSSR count). The Morgan fingerprint density at radius 3 is 2.35 bits per heavy atom. The summed E-state index contributed by atoms with van der Waals surface area (Å²) in [4.78, 5) is 58.5. The fourth-order valence-corrected chi connectivity index (χ4v) is 8.56. The molecule has 0 radical (unpaired) electrons. The number of thioether (sulfide) groups is 2. The molecular formula is C30H24F3N7O11S4. The van der Waals surface area contributed by atoms with Crippen molar-refractivity contribution in [2.24, 2.45) is 5.16 Å². The molecule has 0 saturated carbocycles. The lowest BCUT2D eigenvalue weighted by Crippen LogP contribution is -2.71. The molecule has 2 amide bonds. The number of phenols is 4. The second-order valence-electron chi connectivity index (χ2n) is 10.9. The van der Waals surface area contributed by atoms with Crippen molar-refractivity contribution >= 4 is 80.8 Å². The Hall–Kier alpha value is -5.79. The van der Waals surface area contributed by atoms with Crippen LogP contribution in [0.4, 0.5) is 18.3 Å². The van der Waals surface area contributed by atoms with Gasteiger partial charge in [-0.3, -0.25) is 14.5 Å². The van der Waals surface area contributed by atoms with Crippen LogP contribution in [0.15, 0.2) is 62.5 Å². The van der Waals surface area contributed by atoms with Gasteiger partial charge in [-0.05, 0) is 35.4 Å². The first kappa shape index (κ1) is 40.4. The van der Waals surface area contributed by atoms with Crippen molar-refractivity contribution in [2.45, 2.75) is 28.5 Å². The predicted molar refractivity (Wildman–Crippen MR) is 190 cm³/mol. The molecule has 1 saturated heterocycles. The quantitative estimate of drug-likeness (QED) is 0.0354. The second kappa shape index (κ2) is 16.7. The maximum absolute atomic E-state index is 13.4. The summed E-state index contributed by atoms with van der Waals surface area (Å²) in [6.07, 6.45) is -5.08. The number of carboxylic acids is 2. The zero-order valence-electron chi connectivity index (χ0n) is 27.1. The predicted octanol–water partition coefficient (Wildman–Crippen LogP) is 3.15. The molecule has 2 atom stereocenters. The molecule has 4 aromatic rings. The number of rotatable bonds is 11. The molecule has 0 bridgehead atoms. The van der Waals surface area contributed by atoms with Gasteiger partial charge >= 0.3 is 18.1 Å². The van der Waals surface area contributed by atoms with Crippen LogP contribution in [0, 0.1) is 0 Å². The zero-order valence-corrected chi connectivity index (χ0v) is 30.4. The average Bonchev–Trinajstić information content (AvgIpc) is 3.77. The third-order valence-corrected chi connectivity index (χ3v) is 11.3. The molecule has 2 aromatic heterocycles. The molecule has 18 nitrogen and oxygen atoms in total. The summed E-state index contributed by atoms with van der Waals surface area (Å²) in [7, 11) is 0. The molecule has 2 aliphatic rings. The van der Waals surface area contributed by atoms with E-state index >= 15 is 0 Å². The summed E-state index contributed by atoms with van der Waals surface area (Å²) >= 11 is 4.76. The van der Waals surface area contributed by atoms with Gasteiger partial charge in [-0.2, -0.15) is 13.2 Å². The Balaban J connectivity index is 0.000000757. The highest BCUT2D eigenvalue weighted by molar-refractivity contribution is 8.01. The van der Waals surface area contributed by atoms with Crippen LogP contribution < -0.4 is 11.1 Å². The van der Waals surface area contributed by atoms with Gasteiger partial charge in [0.25, 0.3) is 11.8 Å². The maximum Gasteiger partial charge on any atom is 0.490 e. The maximum atomic E-state index is 13.4. The van der Waals surface area contributed by atoms with Gasteiger partial charge in [0.1, 0.15) is 45.9 Å². The van der Waals surface area contributed by atoms with Gasteiger partial charge in [0, 0.05) is 28.5 Å². The van der Waals surface area contributed by atoms with E-state index in [-0.39, 0.29) is 63.3 Å². The Morgan fingerprint density at radius 1 is 1.05 bits per heavy atom. The van der Waals surface area contributed by atoms with Gasteiger partial charge < -0.3 is 46.5 Å². The van der Waals surface area contributed by atoms with Crippen LogP contribution >= 0.6 is 46.2 Å². The second-order valence-corrected chi connectivity index (χ2v) is 15.1. The van der Waals surface area contributed by atoms with Crippen molar-refractivity contribution in [1.29, 1.82) is 0 Å². The van der Waals surface area contributed by atoms with Crippen LogP contribution in [-0.2, 0) is 30.6 Å². The third-order valence-electron chi connectivity index (χ3n) is 7.11. The van der Waals surface area contributed by atoms with E-state index in [0.29, 0.717) is 26.0 Å². The zero-order chi connectivity index (χ0) is 40.2. The summed E-state index contributed by atoms with van der Waals surface area (Å²) in [6, 6.07) is 7.01. The van der Waals surface area contributed by atoms with E-state index < -0.39 is 41.3 Å². The van der Waals surface area contributed by atoms with Crippen LogP contribution in [0.1, 0.15) is 11.3 Å². The van der Waals surface area contributed by atoms with E-state index in [1.807, 2.05) is 0 Å². The molecule has 9 N–H and O–H groups in total. The fraction of sp³-hybridized carbons (Fsp3) is 0.200. The number of amides is 2. The highest BCUT2D eigenvalue weighted by Gasteiger charge is 2.54. The number of carboxylic acid groups (broad SMARTS) is 2. The molecule has 2 aromatic carbocycles. The number of hydrogen-bond acceptors (Lipinski definition) is 18. The Labute approximate surface area is 321 Å². The van der Waals surface area contributed by atoms with Crippen molar-refractivity contribution in [2.75, 3.05) is 17.2 Å². The van der Waals surface area contributed by atoms with Crippen molar-refractivity contribution in [1.82, 2.24) is 25.4 Å². The number of halogens is 3. The first-order chi connectivity index (χ1) is 25.9. The molecule has 1 fully saturated rings. The normalized spacial score (nSPS) is 16.7. The minimum absolute atomic E-state index is 0.0922. The van der Waals surface area contributed by atoms with Crippen molar-refractivity contribution in [3.63, 3.8) is 0 Å². The molecule has 4 heterocycles. The minimum atomic E-state index is -5.08. The van der Waals surface area contributed by atoms with Gasteiger partial charge in [0.05, 0.1) is 0 Å². The van der Waals surface area contributed by atoms with Gasteiger partial charge in [-0.25, -0.2) is 14.6 Å². The lowest BCUT2D eigenvalue weighted by molar-refractivity contribution is -0.192. The van der Waals surface area contributed by atoms with E-state index in [9.17, 15) is 53.1 Å². The number of nitrogens with two attached hydrogens (primary N) is 1. The topological polar surface area (TPSA) is 291 Å². The Bertz CT molecular complexity index is 2190. The first-order valence-corrected chi connectivity index (χ1v) is 18.6. The van der Waals surface area contributed by atoms with Gasteiger partial charge in [0.15, 0.2) is 26.7 Å². The summed E-state index contributed by atoms with van der Waals surface area (Å²) in [6.45, 7) is -0.176. The molecule has 0 unspecified atom stereocenters. The number of anilines is 1. The summed E-state index contributed by atoms with van der Waals surface area (Å²) in [5, 5.41) is 72.0. The average molecular weight is 844 g/mol. The highest BCUT2D eigenvalue weighted by Crippen LogP contribution is 2.42. The van der Waals surface area contributed by atoms with Crippen LogP contribution in [0.2, 0.25) is 0 Å². The van der Waals surface area contributed by atoms with Gasteiger partial charge in [-0.1, -0.05) is 34.3 Å². The SMILES string of the molecule is Nc1nc(/C(=N/OCc2ccc(O)c(O)c2)C(=O)N[C@@H]2C(=O)N3C(C(=O)O)=C(CSc4nnc(-c5cc(O)cc(O)c5)s4)CS[C@H]23)cs1.O=C(O)C(F)(F)F. The smallest absolute Gasteiger partial charge is 0.490 e. The Morgan fingerprint density at radius 2 is 1.75 bits per heavy atom. The number of aromatic nitrogens is 3. The number of phenolic OH excluding ortho intramolecular Hbond substituents is 4. The number of nitrogens with zero attached hydrogens (tertiary/aromatic N) is 5. The van der Waals surface area contributed by atoms with Crippen LogP contribution in [-0.4, -0.2) is 109 Å². The summed E-state index contributed by atoms with van der Waals surface area (Å²) < 4.78 is 32.2. The monoisotopic (exact) mass is 843 g/mol. The third kappa shape index (κ3) is 9.66. The molecule has 55 heavy (non-hydrogen) atoms. The molecule has 2 aliphatic heterocycles. The highest BCUT2D eigenvalue weighted by atomic mass is 32.2. The van der Waals surface area contributed by atoms with Gasteiger partial charge in [0.2, 0.25) is 0 Å². The number of hydrogen-bond donors (Lipinski definition) is 8. The summed E-state index contributed by atoms with van der Waals surface area (Å²) in [5.41, 5.74) is 6.78. The van der Waals surface area contributed by atoms with Crippen LogP contribution in [0.3, 0.4) is 0 Å². The van der Waals surface area contributed by atoms with Crippen LogP contribution in [0.5, 0.6) is 23.0 Å². The summed E-state index contributed by atoms with van der Waals surface area (Å²) in [5.74, 6) is -5.97. The van der Waals surface area contributed by atoms with E-state index in [1.54, 1.807) is 0 Å². The molecule has 0 aliphatic carbocycles. The number of benzene rings is 2. The molecule has 25 heteroatoms. The number of fused-ring (bicyclic) bond motifs is 1. The fourth-order valence-electron chi connectivity index (χ4n) is 4.69. The molecule has 290 valence electrons. The van der Waals surface area contributed by atoms with Gasteiger partial charge in [-0.15, -0.1) is 33.3 Å². The van der Waals surface area contributed by atoms with Crippen molar-refractivity contribution in [3.05, 3.63) is 64.3 Å². The number of alkyl halides is 3. The largest absolute Gasteiger partial charge is 0.508 e. The van der Waals surface area contributed by atoms with Crippen LogP contribution in [0.25, 0.3) is 10.6 Å². The van der Waals surface area contributed by atoms with E-state index in [4.69, 9.17) is 20.5 Å². The first-order valence-electron chi connectivity index (χ1n) is 14.9. The number of carbonyl (C=O) groups is 4. The molecular weight excluding hydrogens is 820 g/mol. The number of nitrogens with one attached hydrogen (secondary N) is 1. The number of aromatic hydroxyl groups is 4. The number of thiazole rings is 1. The number of β-lactam (4-membered cyclic amide) rings is 1. The van der Waals surface area contributed by atoms with Crippen molar-refractivity contribution < 1.29 is 67.8 Å². The number of aliphatic carboxylic acids is 2.